The summed E-state index contributed by atoms with van der Waals surface area (Å²) >= 11 is 1.74. The third kappa shape index (κ3) is 3.97. The highest BCUT2D eigenvalue weighted by Crippen LogP contribution is 2.29. The number of aryl methyl sites for hydroxylation is 3. The van der Waals surface area contributed by atoms with Gasteiger partial charge in [-0.3, -0.25) is 9.59 Å². The molecular weight excluding hydrogens is 322 g/mol. The zero-order chi connectivity index (χ0) is 17.1. The molecule has 1 N–H and O–H groups in total. The molecule has 1 aromatic heterocycles. The van der Waals surface area contributed by atoms with E-state index in [4.69, 9.17) is 0 Å². The van der Waals surface area contributed by atoms with E-state index >= 15 is 0 Å². The van der Waals surface area contributed by atoms with Crippen molar-refractivity contribution in [3.63, 3.8) is 0 Å². The molecule has 1 aromatic rings. The first-order valence-electron chi connectivity index (χ1n) is 9.04. The molecule has 1 saturated carbocycles. The molecule has 0 unspecified atom stereocenters. The molecule has 3 rings (SSSR count). The average molecular weight is 350 g/mol. The van der Waals surface area contributed by atoms with Gasteiger partial charge in [0.25, 0.3) is 0 Å². The lowest BCUT2D eigenvalue weighted by Gasteiger charge is -2.23. The molecule has 1 atom stereocenters. The quantitative estimate of drug-likeness (QED) is 0.803. The van der Waals surface area contributed by atoms with Gasteiger partial charge in [0.1, 0.15) is 0 Å². The first kappa shape index (κ1) is 17.4. The number of hydrogen-bond donors (Lipinski definition) is 1. The molecular formula is C18H27N3O2S. The highest BCUT2D eigenvalue weighted by molar-refractivity contribution is 7.11. The predicted octanol–water partition coefficient (Wildman–Crippen LogP) is 2.60. The fourth-order valence-corrected chi connectivity index (χ4v) is 4.69. The van der Waals surface area contributed by atoms with E-state index < -0.39 is 0 Å². The number of carbonyl (C=O) groups is 2. The molecule has 2 amide bonds. The summed E-state index contributed by atoms with van der Waals surface area (Å²) in [5, 5.41) is 4.15. The van der Waals surface area contributed by atoms with Crippen LogP contribution in [-0.2, 0) is 16.0 Å². The normalized spacial score (nSPS) is 21.7. The van der Waals surface area contributed by atoms with Gasteiger partial charge in [0.15, 0.2) is 0 Å². The predicted molar refractivity (Wildman–Crippen MR) is 95.0 cm³/mol. The Balaban J connectivity index is 1.40. The summed E-state index contributed by atoms with van der Waals surface area (Å²) < 4.78 is 0. The Labute approximate surface area is 147 Å². The summed E-state index contributed by atoms with van der Waals surface area (Å²) in [5.74, 6) is 0.0357. The lowest BCUT2D eigenvalue weighted by atomic mass is 10.1. The number of thiazole rings is 1. The fourth-order valence-electron chi connectivity index (χ4n) is 3.72. The summed E-state index contributed by atoms with van der Waals surface area (Å²) in [6.07, 6.45) is 6.80. The van der Waals surface area contributed by atoms with Gasteiger partial charge in [-0.25, -0.2) is 4.98 Å². The Morgan fingerprint density at radius 2 is 2.08 bits per heavy atom. The summed E-state index contributed by atoms with van der Waals surface area (Å²) in [6.45, 7) is 5.39. The van der Waals surface area contributed by atoms with Gasteiger partial charge in [-0.2, -0.15) is 0 Å². The van der Waals surface area contributed by atoms with E-state index in [1.807, 2.05) is 11.8 Å². The minimum Gasteiger partial charge on any atom is -0.356 e. The van der Waals surface area contributed by atoms with Gasteiger partial charge in [-0.1, -0.05) is 12.8 Å². The van der Waals surface area contributed by atoms with Gasteiger partial charge in [0.2, 0.25) is 11.8 Å². The van der Waals surface area contributed by atoms with Crippen molar-refractivity contribution in [2.75, 3.05) is 13.1 Å². The Hall–Kier alpha value is -1.43. The molecule has 132 valence electrons. The molecule has 2 fully saturated rings. The van der Waals surface area contributed by atoms with Crippen LogP contribution in [0.5, 0.6) is 0 Å². The van der Waals surface area contributed by atoms with E-state index in [2.05, 4.69) is 17.2 Å². The lowest BCUT2D eigenvalue weighted by molar-refractivity contribution is -0.130. The molecule has 0 aromatic carbocycles. The highest BCUT2D eigenvalue weighted by Gasteiger charge is 2.38. The van der Waals surface area contributed by atoms with Crippen LogP contribution >= 0.6 is 11.3 Å². The number of nitrogens with one attached hydrogen (secondary N) is 1. The van der Waals surface area contributed by atoms with Crippen LogP contribution in [0.15, 0.2) is 0 Å². The molecule has 1 aliphatic carbocycles. The van der Waals surface area contributed by atoms with Crippen LogP contribution in [0.4, 0.5) is 0 Å². The van der Waals surface area contributed by atoms with Crippen molar-refractivity contribution < 1.29 is 9.59 Å². The summed E-state index contributed by atoms with van der Waals surface area (Å²) in [7, 11) is 0. The molecule has 6 heteroatoms. The SMILES string of the molecule is Cc1nc(CCCNC(=O)[C@H]2CC(=O)N(C3CCCC3)C2)sc1C. The second kappa shape index (κ2) is 7.64. The highest BCUT2D eigenvalue weighted by atomic mass is 32.1. The first-order chi connectivity index (χ1) is 11.5. The Bertz CT molecular complexity index is 588. The van der Waals surface area contributed by atoms with Gasteiger partial charge >= 0.3 is 0 Å². The second-order valence-electron chi connectivity index (χ2n) is 7.03. The maximum atomic E-state index is 12.3. The third-order valence-electron chi connectivity index (χ3n) is 5.23. The van der Waals surface area contributed by atoms with Crippen molar-refractivity contribution in [3.8, 4) is 0 Å². The maximum Gasteiger partial charge on any atom is 0.225 e. The molecule has 0 spiro atoms. The number of carbonyl (C=O) groups excluding carboxylic acids is 2. The molecule has 0 radical (unpaired) electrons. The molecule has 5 nitrogen and oxygen atoms in total. The molecule has 24 heavy (non-hydrogen) atoms. The minimum absolute atomic E-state index is 0.0374. The number of aromatic nitrogens is 1. The molecule has 0 bridgehead atoms. The van der Waals surface area contributed by atoms with Crippen LogP contribution in [0.2, 0.25) is 0 Å². The second-order valence-corrected chi connectivity index (χ2v) is 8.32. The van der Waals surface area contributed by atoms with E-state index in [0.717, 1.165) is 36.4 Å². The Morgan fingerprint density at radius 1 is 1.33 bits per heavy atom. The number of likely N-dealkylation sites (tertiary alicyclic amines) is 1. The lowest BCUT2D eigenvalue weighted by Crippen LogP contribution is -2.37. The van der Waals surface area contributed by atoms with Gasteiger partial charge in [0, 0.05) is 36.9 Å². The van der Waals surface area contributed by atoms with Crippen molar-refractivity contribution >= 4 is 23.2 Å². The zero-order valence-electron chi connectivity index (χ0n) is 14.6. The fraction of sp³-hybridized carbons (Fsp3) is 0.722. The summed E-state index contributed by atoms with van der Waals surface area (Å²) in [4.78, 5) is 32.2. The van der Waals surface area contributed by atoms with E-state index in [9.17, 15) is 9.59 Å². The average Bonchev–Trinajstić information content (AvgIpc) is 3.25. The van der Waals surface area contributed by atoms with Crippen LogP contribution in [0, 0.1) is 19.8 Å². The molecule has 1 saturated heterocycles. The Morgan fingerprint density at radius 3 is 2.75 bits per heavy atom. The number of rotatable bonds is 6. The molecule has 2 aliphatic rings. The van der Waals surface area contributed by atoms with Crippen LogP contribution in [0.3, 0.4) is 0 Å². The minimum atomic E-state index is -0.164. The standard InChI is InChI=1S/C18H27N3O2S/c1-12-13(2)24-16(20-12)8-5-9-19-18(23)14-10-17(22)21(11-14)15-6-3-4-7-15/h14-15H,3-11H2,1-2H3,(H,19,23)/t14-/m0/s1. The maximum absolute atomic E-state index is 12.3. The van der Waals surface area contributed by atoms with Gasteiger partial charge in [-0.15, -0.1) is 11.3 Å². The van der Waals surface area contributed by atoms with Crippen molar-refractivity contribution in [1.29, 1.82) is 0 Å². The monoisotopic (exact) mass is 349 g/mol. The van der Waals surface area contributed by atoms with Crippen molar-refractivity contribution in [2.45, 2.75) is 64.8 Å². The zero-order valence-corrected chi connectivity index (χ0v) is 15.5. The van der Waals surface area contributed by atoms with Crippen molar-refractivity contribution in [3.05, 3.63) is 15.6 Å². The molecule has 1 aliphatic heterocycles. The number of hydrogen-bond acceptors (Lipinski definition) is 4. The van der Waals surface area contributed by atoms with E-state index in [1.165, 1.54) is 17.7 Å². The summed E-state index contributed by atoms with van der Waals surface area (Å²) in [6, 6.07) is 0.381. The van der Waals surface area contributed by atoms with Gasteiger partial charge in [0.05, 0.1) is 16.6 Å². The third-order valence-corrected chi connectivity index (χ3v) is 6.37. The van der Waals surface area contributed by atoms with Crippen molar-refractivity contribution in [1.82, 2.24) is 15.2 Å². The number of nitrogens with zero attached hydrogens (tertiary/aromatic N) is 2. The smallest absolute Gasteiger partial charge is 0.225 e. The van der Waals surface area contributed by atoms with Gasteiger partial charge < -0.3 is 10.2 Å². The van der Waals surface area contributed by atoms with E-state index in [-0.39, 0.29) is 17.7 Å². The van der Waals surface area contributed by atoms with Crippen LogP contribution in [0.25, 0.3) is 0 Å². The topological polar surface area (TPSA) is 62.3 Å². The number of amides is 2. The van der Waals surface area contributed by atoms with Crippen LogP contribution in [-0.4, -0.2) is 40.8 Å². The van der Waals surface area contributed by atoms with Crippen LogP contribution in [0.1, 0.15) is 54.1 Å². The molecule has 2 heterocycles. The summed E-state index contributed by atoms with van der Waals surface area (Å²) in [5.41, 5.74) is 1.11. The largest absolute Gasteiger partial charge is 0.356 e. The van der Waals surface area contributed by atoms with Crippen LogP contribution < -0.4 is 5.32 Å². The van der Waals surface area contributed by atoms with Crippen molar-refractivity contribution in [2.24, 2.45) is 5.92 Å². The first-order valence-corrected chi connectivity index (χ1v) is 9.86. The Kier molecular flexibility index (Phi) is 5.54. The van der Waals surface area contributed by atoms with E-state index in [0.29, 0.717) is 25.6 Å². The van der Waals surface area contributed by atoms with Gasteiger partial charge in [-0.05, 0) is 33.1 Å². The van der Waals surface area contributed by atoms with E-state index in [1.54, 1.807) is 11.3 Å².